The maximum absolute atomic E-state index is 12.8. The highest BCUT2D eigenvalue weighted by atomic mass is 79.9. The number of carbonyl (C=O) groups excluding carboxylic acids is 1. The monoisotopic (exact) mass is 338 g/mol. The number of hydrogen-bond acceptors (Lipinski definition) is 3. The SMILES string of the molecule is O=C(CBr)c1cc(OCc2ccc(F)cc2)ccc1O. The maximum atomic E-state index is 12.8. The number of ether oxygens (including phenoxy) is 1. The van der Waals surface area contributed by atoms with Gasteiger partial charge in [0, 0.05) is 0 Å². The topological polar surface area (TPSA) is 46.5 Å². The Morgan fingerprint density at radius 2 is 1.90 bits per heavy atom. The Morgan fingerprint density at radius 3 is 2.55 bits per heavy atom. The molecule has 0 saturated carbocycles. The molecule has 2 aromatic rings. The Hall–Kier alpha value is -1.88. The van der Waals surface area contributed by atoms with Gasteiger partial charge in [-0.2, -0.15) is 0 Å². The van der Waals surface area contributed by atoms with E-state index in [9.17, 15) is 14.3 Å². The molecule has 0 atom stereocenters. The molecule has 0 aliphatic carbocycles. The number of ketones is 1. The van der Waals surface area contributed by atoms with Crippen LogP contribution in [0.15, 0.2) is 42.5 Å². The molecule has 5 heteroatoms. The first-order valence-corrected chi connectivity index (χ1v) is 7.01. The maximum Gasteiger partial charge on any atom is 0.177 e. The second kappa shape index (κ2) is 6.52. The van der Waals surface area contributed by atoms with E-state index in [1.54, 1.807) is 18.2 Å². The number of phenolic OH excluding ortho intramolecular Hbond substituents is 1. The van der Waals surface area contributed by atoms with Crippen molar-refractivity contribution in [2.24, 2.45) is 0 Å². The first-order chi connectivity index (χ1) is 9.60. The quantitative estimate of drug-likeness (QED) is 0.668. The third-order valence-corrected chi connectivity index (χ3v) is 3.22. The van der Waals surface area contributed by atoms with E-state index in [1.807, 2.05) is 0 Å². The summed E-state index contributed by atoms with van der Waals surface area (Å²) < 4.78 is 18.3. The van der Waals surface area contributed by atoms with E-state index in [1.165, 1.54) is 24.3 Å². The van der Waals surface area contributed by atoms with E-state index in [2.05, 4.69) is 15.9 Å². The Balaban J connectivity index is 2.10. The van der Waals surface area contributed by atoms with Crippen LogP contribution in [0.25, 0.3) is 0 Å². The van der Waals surface area contributed by atoms with Crippen molar-refractivity contribution >= 4 is 21.7 Å². The van der Waals surface area contributed by atoms with Crippen molar-refractivity contribution in [1.82, 2.24) is 0 Å². The number of benzene rings is 2. The minimum Gasteiger partial charge on any atom is -0.507 e. The summed E-state index contributed by atoms with van der Waals surface area (Å²) in [5, 5.41) is 9.74. The van der Waals surface area contributed by atoms with Crippen molar-refractivity contribution in [3.05, 3.63) is 59.4 Å². The van der Waals surface area contributed by atoms with E-state index in [0.29, 0.717) is 5.75 Å². The fraction of sp³-hybridized carbons (Fsp3) is 0.133. The minimum atomic E-state index is -0.302. The summed E-state index contributed by atoms with van der Waals surface area (Å²) in [5.41, 5.74) is 1.02. The smallest absolute Gasteiger partial charge is 0.177 e. The molecule has 2 aromatic carbocycles. The lowest BCUT2D eigenvalue weighted by molar-refractivity contribution is 0.102. The molecule has 0 spiro atoms. The molecule has 0 unspecified atom stereocenters. The largest absolute Gasteiger partial charge is 0.507 e. The summed E-state index contributed by atoms with van der Waals surface area (Å²) in [6.07, 6.45) is 0. The summed E-state index contributed by atoms with van der Waals surface area (Å²) in [5.74, 6) is -0.140. The van der Waals surface area contributed by atoms with Gasteiger partial charge in [-0.05, 0) is 35.9 Å². The molecule has 20 heavy (non-hydrogen) atoms. The number of rotatable bonds is 5. The third-order valence-electron chi connectivity index (χ3n) is 2.71. The zero-order valence-corrected chi connectivity index (χ0v) is 12.1. The number of phenols is 1. The van der Waals surface area contributed by atoms with Gasteiger partial charge in [0.25, 0.3) is 0 Å². The Bertz CT molecular complexity index is 611. The predicted octanol–water partition coefficient (Wildman–Crippen LogP) is 3.69. The highest BCUT2D eigenvalue weighted by Gasteiger charge is 2.11. The van der Waals surface area contributed by atoms with E-state index < -0.39 is 0 Å². The van der Waals surface area contributed by atoms with Crippen LogP contribution in [-0.4, -0.2) is 16.2 Å². The van der Waals surface area contributed by atoms with Gasteiger partial charge in [0.15, 0.2) is 5.78 Å². The number of hydrogen-bond donors (Lipinski definition) is 1. The summed E-state index contributed by atoms with van der Waals surface area (Å²) >= 11 is 3.06. The van der Waals surface area contributed by atoms with E-state index in [4.69, 9.17) is 4.74 Å². The fourth-order valence-corrected chi connectivity index (χ4v) is 1.95. The van der Waals surface area contributed by atoms with Gasteiger partial charge in [0.1, 0.15) is 23.9 Å². The summed E-state index contributed by atoms with van der Waals surface area (Å²) in [7, 11) is 0. The van der Waals surface area contributed by atoms with Gasteiger partial charge in [0.05, 0.1) is 10.9 Å². The second-order valence-corrected chi connectivity index (χ2v) is 4.71. The third kappa shape index (κ3) is 3.57. The van der Waals surface area contributed by atoms with E-state index in [-0.39, 0.29) is 34.9 Å². The van der Waals surface area contributed by atoms with Crippen LogP contribution in [0, 0.1) is 5.82 Å². The molecule has 0 bridgehead atoms. The summed E-state index contributed by atoms with van der Waals surface area (Å²) in [6.45, 7) is 0.257. The van der Waals surface area contributed by atoms with Crippen molar-refractivity contribution in [1.29, 1.82) is 0 Å². The van der Waals surface area contributed by atoms with Crippen LogP contribution in [0.5, 0.6) is 11.5 Å². The summed E-state index contributed by atoms with van der Waals surface area (Å²) in [4.78, 5) is 11.6. The molecule has 0 radical (unpaired) electrons. The Morgan fingerprint density at radius 1 is 1.20 bits per heavy atom. The van der Waals surface area contributed by atoms with E-state index >= 15 is 0 Å². The Labute approximate surface area is 124 Å². The predicted molar refractivity (Wildman–Crippen MR) is 77.0 cm³/mol. The van der Waals surface area contributed by atoms with Gasteiger partial charge in [0.2, 0.25) is 0 Å². The Kier molecular flexibility index (Phi) is 4.74. The molecule has 104 valence electrons. The highest BCUT2D eigenvalue weighted by Crippen LogP contribution is 2.24. The normalized spacial score (nSPS) is 10.3. The van der Waals surface area contributed by atoms with Crippen LogP contribution >= 0.6 is 15.9 Å². The van der Waals surface area contributed by atoms with Crippen LogP contribution in [0.1, 0.15) is 15.9 Å². The molecule has 0 saturated heterocycles. The molecular weight excluding hydrogens is 327 g/mol. The average molecular weight is 339 g/mol. The number of Topliss-reactive ketones (excluding diaryl/α,β-unsaturated/α-hetero) is 1. The van der Waals surface area contributed by atoms with Crippen LogP contribution in [-0.2, 0) is 6.61 Å². The highest BCUT2D eigenvalue weighted by molar-refractivity contribution is 9.09. The van der Waals surface area contributed by atoms with Gasteiger partial charge in [-0.1, -0.05) is 28.1 Å². The molecule has 0 aliphatic rings. The van der Waals surface area contributed by atoms with Crippen LogP contribution in [0.4, 0.5) is 4.39 Å². The molecule has 0 aliphatic heterocycles. The minimum absolute atomic E-state index is 0.0800. The lowest BCUT2D eigenvalue weighted by Crippen LogP contribution is -2.02. The van der Waals surface area contributed by atoms with Crippen LogP contribution in [0.3, 0.4) is 0 Å². The van der Waals surface area contributed by atoms with Gasteiger partial charge in [-0.3, -0.25) is 4.79 Å². The standard InChI is InChI=1S/C15H12BrFO3/c16-8-15(19)13-7-12(5-6-14(13)18)20-9-10-1-3-11(17)4-2-10/h1-7,18H,8-9H2. The molecule has 0 aromatic heterocycles. The zero-order chi connectivity index (χ0) is 14.5. The molecular formula is C15H12BrFO3. The fourth-order valence-electron chi connectivity index (χ4n) is 1.65. The average Bonchev–Trinajstić information content (AvgIpc) is 2.47. The molecule has 2 rings (SSSR count). The molecule has 0 heterocycles. The summed E-state index contributed by atoms with van der Waals surface area (Å²) in [6, 6.07) is 10.4. The molecule has 0 amide bonds. The zero-order valence-electron chi connectivity index (χ0n) is 10.5. The van der Waals surface area contributed by atoms with E-state index in [0.717, 1.165) is 5.56 Å². The molecule has 1 N–H and O–H groups in total. The molecule has 3 nitrogen and oxygen atoms in total. The van der Waals surface area contributed by atoms with Crippen LogP contribution < -0.4 is 4.74 Å². The lowest BCUT2D eigenvalue weighted by atomic mass is 10.1. The van der Waals surface area contributed by atoms with Gasteiger partial charge >= 0.3 is 0 Å². The van der Waals surface area contributed by atoms with Crippen molar-refractivity contribution in [2.45, 2.75) is 6.61 Å². The van der Waals surface area contributed by atoms with Gasteiger partial charge < -0.3 is 9.84 Å². The first-order valence-electron chi connectivity index (χ1n) is 5.89. The van der Waals surface area contributed by atoms with Crippen molar-refractivity contribution in [2.75, 3.05) is 5.33 Å². The van der Waals surface area contributed by atoms with Gasteiger partial charge in [-0.15, -0.1) is 0 Å². The van der Waals surface area contributed by atoms with Gasteiger partial charge in [-0.25, -0.2) is 4.39 Å². The number of halogens is 2. The van der Waals surface area contributed by atoms with Crippen molar-refractivity contribution in [3.8, 4) is 11.5 Å². The number of alkyl halides is 1. The second-order valence-electron chi connectivity index (χ2n) is 4.15. The number of aromatic hydroxyl groups is 1. The van der Waals surface area contributed by atoms with Crippen LogP contribution in [0.2, 0.25) is 0 Å². The van der Waals surface area contributed by atoms with Crippen molar-refractivity contribution < 1.29 is 19.0 Å². The lowest BCUT2D eigenvalue weighted by Gasteiger charge is -2.09. The molecule has 0 fully saturated rings. The number of carbonyl (C=O) groups is 1. The first kappa shape index (κ1) is 14.5. The van der Waals surface area contributed by atoms with Crippen molar-refractivity contribution in [3.63, 3.8) is 0 Å².